The predicted molar refractivity (Wildman–Crippen MR) is 102 cm³/mol. The summed E-state index contributed by atoms with van der Waals surface area (Å²) in [6.07, 6.45) is 0.772. The van der Waals surface area contributed by atoms with Crippen LogP contribution in [0.15, 0.2) is 59.7 Å². The molecule has 0 atom stereocenters. The average molecular weight is 366 g/mol. The Bertz CT molecular complexity index is 833. The Morgan fingerprint density at radius 2 is 1.93 bits per heavy atom. The molecule has 0 spiro atoms. The maximum Gasteiger partial charge on any atom is 0.309 e. The molecule has 2 aromatic rings. The van der Waals surface area contributed by atoms with Gasteiger partial charge >= 0.3 is 5.97 Å². The van der Waals surface area contributed by atoms with E-state index in [0.717, 1.165) is 16.8 Å². The molecule has 3 rings (SSSR count). The van der Waals surface area contributed by atoms with Gasteiger partial charge in [0.15, 0.2) is 6.61 Å². The second kappa shape index (κ2) is 8.98. The smallest absolute Gasteiger partial charge is 0.309 e. The summed E-state index contributed by atoms with van der Waals surface area (Å²) in [6, 6.07) is 17.3. The topological polar surface area (TPSA) is 68.2 Å². The van der Waals surface area contributed by atoms with E-state index in [2.05, 4.69) is 5.10 Å². The fraction of sp³-hybridized carbons (Fsp3) is 0.286. The van der Waals surface area contributed by atoms with Gasteiger partial charge in [0, 0.05) is 6.42 Å². The first-order valence-corrected chi connectivity index (χ1v) is 8.90. The molecule has 140 valence electrons. The van der Waals surface area contributed by atoms with Crippen molar-refractivity contribution in [3.05, 3.63) is 65.7 Å². The first-order valence-electron chi connectivity index (χ1n) is 8.90. The van der Waals surface area contributed by atoms with Crippen molar-refractivity contribution in [3.8, 4) is 5.75 Å². The monoisotopic (exact) mass is 366 g/mol. The third kappa shape index (κ3) is 5.41. The van der Waals surface area contributed by atoms with Crippen LogP contribution >= 0.6 is 0 Å². The van der Waals surface area contributed by atoms with Gasteiger partial charge in [-0.15, -0.1) is 0 Å². The van der Waals surface area contributed by atoms with Crippen LogP contribution in [-0.2, 0) is 14.3 Å². The minimum Gasteiger partial charge on any atom is -0.493 e. The van der Waals surface area contributed by atoms with Gasteiger partial charge in [-0.2, -0.15) is 5.10 Å². The number of benzene rings is 2. The zero-order valence-electron chi connectivity index (χ0n) is 15.3. The molecule has 1 heterocycles. The van der Waals surface area contributed by atoms with Gasteiger partial charge in [0.1, 0.15) is 5.75 Å². The quantitative estimate of drug-likeness (QED) is 0.707. The summed E-state index contributed by atoms with van der Waals surface area (Å²) >= 11 is 0. The van der Waals surface area contributed by atoms with Gasteiger partial charge in [0.05, 0.1) is 25.3 Å². The summed E-state index contributed by atoms with van der Waals surface area (Å²) in [4.78, 5) is 24.0. The van der Waals surface area contributed by atoms with Crippen LogP contribution < -0.4 is 4.74 Å². The minimum atomic E-state index is -0.470. The van der Waals surface area contributed by atoms with E-state index in [1.165, 1.54) is 5.01 Å². The van der Waals surface area contributed by atoms with Gasteiger partial charge in [0.25, 0.3) is 5.91 Å². The molecule has 0 fully saturated rings. The van der Waals surface area contributed by atoms with E-state index in [-0.39, 0.29) is 25.5 Å². The molecule has 1 amide bonds. The molecular formula is C21H22N2O4. The van der Waals surface area contributed by atoms with E-state index in [1.54, 1.807) is 0 Å². The maximum atomic E-state index is 12.2. The van der Waals surface area contributed by atoms with Crippen LogP contribution in [0.2, 0.25) is 0 Å². The fourth-order valence-corrected chi connectivity index (χ4v) is 2.72. The number of rotatable bonds is 7. The molecule has 0 N–H and O–H groups in total. The van der Waals surface area contributed by atoms with Crippen molar-refractivity contribution >= 4 is 17.6 Å². The molecule has 6 nitrogen and oxygen atoms in total. The van der Waals surface area contributed by atoms with Gasteiger partial charge in [-0.25, -0.2) is 5.01 Å². The van der Waals surface area contributed by atoms with Crippen molar-refractivity contribution in [2.75, 3.05) is 19.8 Å². The molecule has 0 radical (unpaired) electrons. The highest BCUT2D eigenvalue weighted by Crippen LogP contribution is 2.14. The van der Waals surface area contributed by atoms with Crippen molar-refractivity contribution in [2.24, 2.45) is 5.10 Å². The molecule has 0 aliphatic carbocycles. The van der Waals surface area contributed by atoms with Crippen molar-refractivity contribution in [1.82, 2.24) is 5.01 Å². The molecule has 1 aliphatic heterocycles. The Labute approximate surface area is 158 Å². The van der Waals surface area contributed by atoms with E-state index < -0.39 is 5.97 Å². The highest BCUT2D eigenvalue weighted by Gasteiger charge is 2.22. The Balaban J connectivity index is 1.40. The molecule has 0 saturated heterocycles. The SMILES string of the molecule is Cc1cccc(OCCC(=O)OCC(=O)N2CCC(c3ccccc3)=N2)c1. The van der Waals surface area contributed by atoms with Gasteiger partial charge in [-0.3, -0.25) is 9.59 Å². The Morgan fingerprint density at radius 3 is 2.70 bits per heavy atom. The standard InChI is InChI=1S/C21H22N2O4/c1-16-6-5-9-18(14-16)26-13-11-21(25)27-15-20(24)23-12-10-19(22-23)17-7-3-2-4-8-17/h2-9,14H,10-13,15H2,1H3. The van der Waals surface area contributed by atoms with Crippen LogP contribution in [0.4, 0.5) is 0 Å². The van der Waals surface area contributed by atoms with Crippen LogP contribution in [0.3, 0.4) is 0 Å². The molecule has 6 heteroatoms. The van der Waals surface area contributed by atoms with Crippen molar-refractivity contribution in [3.63, 3.8) is 0 Å². The summed E-state index contributed by atoms with van der Waals surface area (Å²) in [6.45, 7) is 2.36. The number of aryl methyl sites for hydroxylation is 1. The lowest BCUT2D eigenvalue weighted by Gasteiger charge is -2.12. The highest BCUT2D eigenvalue weighted by atomic mass is 16.5. The second-order valence-electron chi connectivity index (χ2n) is 6.26. The predicted octanol–water partition coefficient (Wildman–Crippen LogP) is 2.94. The zero-order chi connectivity index (χ0) is 19.1. The van der Waals surface area contributed by atoms with Gasteiger partial charge in [-0.1, -0.05) is 42.5 Å². The van der Waals surface area contributed by atoms with E-state index >= 15 is 0 Å². The number of hydrazone groups is 1. The summed E-state index contributed by atoms with van der Waals surface area (Å²) in [5.41, 5.74) is 2.95. The lowest BCUT2D eigenvalue weighted by atomic mass is 10.1. The third-order valence-corrected chi connectivity index (χ3v) is 4.12. The average Bonchev–Trinajstić information content (AvgIpc) is 3.17. The van der Waals surface area contributed by atoms with Crippen LogP contribution in [0.25, 0.3) is 0 Å². The lowest BCUT2D eigenvalue weighted by Crippen LogP contribution is -2.29. The number of carbonyl (C=O) groups excluding carboxylic acids is 2. The minimum absolute atomic E-state index is 0.0831. The number of ether oxygens (including phenoxy) is 2. The van der Waals surface area contributed by atoms with Gasteiger partial charge in [-0.05, 0) is 30.2 Å². The summed E-state index contributed by atoms with van der Waals surface area (Å²) < 4.78 is 10.5. The second-order valence-corrected chi connectivity index (χ2v) is 6.26. The number of esters is 1. The molecule has 0 unspecified atom stereocenters. The molecule has 27 heavy (non-hydrogen) atoms. The van der Waals surface area contributed by atoms with Crippen LogP contribution in [0.1, 0.15) is 24.0 Å². The highest BCUT2D eigenvalue weighted by molar-refractivity contribution is 6.02. The van der Waals surface area contributed by atoms with E-state index in [0.29, 0.717) is 18.7 Å². The number of hydrogen-bond donors (Lipinski definition) is 0. The largest absolute Gasteiger partial charge is 0.493 e. The van der Waals surface area contributed by atoms with Gasteiger partial charge < -0.3 is 9.47 Å². The van der Waals surface area contributed by atoms with Crippen LogP contribution in [0, 0.1) is 6.92 Å². The summed E-state index contributed by atoms with van der Waals surface area (Å²) in [7, 11) is 0. The maximum absolute atomic E-state index is 12.2. The molecule has 1 aliphatic rings. The Morgan fingerprint density at radius 1 is 1.11 bits per heavy atom. The van der Waals surface area contributed by atoms with E-state index in [1.807, 2.05) is 61.5 Å². The Hall–Kier alpha value is -3.15. The van der Waals surface area contributed by atoms with Crippen LogP contribution in [0.5, 0.6) is 5.75 Å². The van der Waals surface area contributed by atoms with Crippen molar-refractivity contribution < 1.29 is 19.1 Å². The number of amides is 1. The summed E-state index contributed by atoms with van der Waals surface area (Å²) in [5, 5.41) is 5.69. The molecule has 0 bridgehead atoms. The lowest BCUT2D eigenvalue weighted by molar-refractivity contribution is -0.152. The number of hydrogen-bond acceptors (Lipinski definition) is 5. The fourth-order valence-electron chi connectivity index (χ4n) is 2.72. The molecule has 0 saturated carbocycles. The summed E-state index contributed by atoms with van der Waals surface area (Å²) in [5.74, 6) is -0.0879. The Kier molecular flexibility index (Phi) is 6.20. The van der Waals surface area contributed by atoms with Gasteiger partial charge in [0.2, 0.25) is 0 Å². The van der Waals surface area contributed by atoms with E-state index in [9.17, 15) is 9.59 Å². The van der Waals surface area contributed by atoms with Crippen LogP contribution in [-0.4, -0.2) is 42.4 Å². The normalized spacial score (nSPS) is 13.2. The third-order valence-electron chi connectivity index (χ3n) is 4.12. The number of carbonyl (C=O) groups is 2. The number of nitrogens with zero attached hydrogens (tertiary/aromatic N) is 2. The zero-order valence-corrected chi connectivity index (χ0v) is 15.3. The van der Waals surface area contributed by atoms with E-state index in [4.69, 9.17) is 9.47 Å². The first-order chi connectivity index (χ1) is 13.1. The molecule has 2 aromatic carbocycles. The van der Waals surface area contributed by atoms with Crippen molar-refractivity contribution in [1.29, 1.82) is 0 Å². The molecular weight excluding hydrogens is 344 g/mol. The van der Waals surface area contributed by atoms with Crippen molar-refractivity contribution in [2.45, 2.75) is 19.8 Å². The first kappa shape index (κ1) is 18.6. The molecule has 0 aromatic heterocycles.